The Bertz CT molecular complexity index is 1230. The van der Waals surface area contributed by atoms with Crippen molar-refractivity contribution in [1.29, 1.82) is 0 Å². The second-order valence-electron chi connectivity index (χ2n) is 10.9. The molecule has 3 amide bonds. The maximum absolute atomic E-state index is 13.6. The zero-order chi connectivity index (χ0) is 28.6. The number of carbonyl (C=O) groups excluding carboxylic acids is 3. The summed E-state index contributed by atoms with van der Waals surface area (Å²) in [6, 6.07) is 3.96. The highest BCUT2D eigenvalue weighted by atomic mass is 16.6. The molecule has 3 heterocycles. The van der Waals surface area contributed by atoms with Crippen LogP contribution in [0.2, 0.25) is 0 Å². The van der Waals surface area contributed by atoms with Gasteiger partial charge >= 0.3 is 6.09 Å². The predicted molar refractivity (Wildman–Crippen MR) is 137 cm³/mol. The van der Waals surface area contributed by atoms with E-state index in [4.69, 9.17) is 9.47 Å². The number of hydrogen-bond acceptors (Lipinski definition) is 9. The molecule has 13 nitrogen and oxygen atoms in total. The highest BCUT2D eigenvalue weighted by Gasteiger charge is 2.46. The molecule has 1 saturated heterocycles. The summed E-state index contributed by atoms with van der Waals surface area (Å²) in [6.07, 6.45) is -6.83. The molecule has 0 spiro atoms. The molecule has 0 aliphatic carbocycles. The Morgan fingerprint density at radius 1 is 1.18 bits per heavy atom. The van der Waals surface area contributed by atoms with Gasteiger partial charge in [-0.15, -0.1) is 0 Å². The zero-order valence-corrected chi connectivity index (χ0v) is 22.2. The third kappa shape index (κ3) is 6.02. The molecule has 0 bridgehead atoms. The minimum absolute atomic E-state index is 0.0305. The van der Waals surface area contributed by atoms with E-state index < -0.39 is 72.8 Å². The first kappa shape index (κ1) is 28.8. The third-order valence-electron chi connectivity index (χ3n) is 6.90. The van der Waals surface area contributed by atoms with Gasteiger partial charge in [0.1, 0.15) is 42.0 Å². The number of hydrogen-bond donors (Lipinski definition) is 7. The summed E-state index contributed by atoms with van der Waals surface area (Å²) in [7, 11) is 0. The number of fused-ring (bicyclic) bond motifs is 3. The number of H-pyrrole nitrogens is 1. The highest BCUT2D eigenvalue weighted by molar-refractivity contribution is 5.94. The molecule has 1 unspecified atom stereocenters. The number of aliphatic hydroxyl groups excluding tert-OH is 4. The lowest BCUT2D eigenvalue weighted by molar-refractivity contribution is -0.254. The average molecular weight is 549 g/mol. The third-order valence-corrected chi connectivity index (χ3v) is 6.90. The van der Waals surface area contributed by atoms with Crippen molar-refractivity contribution < 1.29 is 44.3 Å². The van der Waals surface area contributed by atoms with Gasteiger partial charge in [-0.3, -0.25) is 9.59 Å². The molecule has 4 rings (SSSR count). The smallest absolute Gasteiger partial charge is 0.408 e. The largest absolute Gasteiger partial charge is 0.444 e. The second-order valence-corrected chi connectivity index (χ2v) is 10.9. The van der Waals surface area contributed by atoms with Gasteiger partial charge in [0.05, 0.1) is 13.2 Å². The first-order valence-corrected chi connectivity index (χ1v) is 12.8. The first-order chi connectivity index (χ1) is 18.3. The summed E-state index contributed by atoms with van der Waals surface area (Å²) < 4.78 is 10.4. The van der Waals surface area contributed by atoms with Gasteiger partial charge in [0.15, 0.2) is 6.29 Å². The van der Waals surface area contributed by atoms with Crippen molar-refractivity contribution in [2.75, 3.05) is 6.61 Å². The van der Waals surface area contributed by atoms with Crippen LogP contribution in [0.4, 0.5) is 4.79 Å². The average Bonchev–Trinajstić information content (AvgIpc) is 3.23. The number of ether oxygens (including phenoxy) is 2. The lowest BCUT2D eigenvalue weighted by Gasteiger charge is -2.42. The van der Waals surface area contributed by atoms with E-state index in [0.717, 1.165) is 22.2 Å². The number of para-hydroxylation sites is 1. The molecule has 0 saturated carbocycles. The molecule has 39 heavy (non-hydrogen) atoms. The van der Waals surface area contributed by atoms with E-state index in [0.29, 0.717) is 0 Å². The van der Waals surface area contributed by atoms with E-state index in [9.17, 15) is 34.8 Å². The van der Waals surface area contributed by atoms with Crippen molar-refractivity contribution in [2.45, 2.75) is 89.0 Å². The van der Waals surface area contributed by atoms with Crippen LogP contribution in [0.25, 0.3) is 10.9 Å². The summed E-state index contributed by atoms with van der Waals surface area (Å²) >= 11 is 0. The van der Waals surface area contributed by atoms with Crippen molar-refractivity contribution in [3.05, 3.63) is 35.5 Å². The number of aromatic nitrogens is 1. The second kappa shape index (κ2) is 11.1. The van der Waals surface area contributed by atoms with Crippen LogP contribution < -0.4 is 10.6 Å². The normalized spacial score (nSPS) is 27.9. The lowest BCUT2D eigenvalue weighted by atomic mass is 9.93. The van der Waals surface area contributed by atoms with Crippen molar-refractivity contribution >= 4 is 28.8 Å². The Kier molecular flexibility index (Phi) is 8.19. The maximum atomic E-state index is 13.6. The highest BCUT2D eigenvalue weighted by Crippen LogP contribution is 2.31. The monoisotopic (exact) mass is 548 g/mol. The molecular formula is C26H36N4O9. The number of nitrogens with zero attached hydrogens (tertiary/aromatic N) is 1. The Balaban J connectivity index is 1.60. The quantitative estimate of drug-likeness (QED) is 0.252. The van der Waals surface area contributed by atoms with Crippen LogP contribution in [-0.4, -0.2) is 103 Å². The predicted octanol–water partition coefficient (Wildman–Crippen LogP) is -0.749. The fourth-order valence-electron chi connectivity index (χ4n) is 4.98. The Morgan fingerprint density at radius 3 is 2.54 bits per heavy atom. The van der Waals surface area contributed by atoms with Crippen LogP contribution in [0.1, 0.15) is 39.0 Å². The molecule has 0 radical (unpaired) electrons. The number of carbonyl (C=O) groups is 3. The molecule has 214 valence electrons. The Morgan fingerprint density at radius 2 is 1.87 bits per heavy atom. The minimum Gasteiger partial charge on any atom is -0.444 e. The number of rotatable bonds is 5. The fraction of sp³-hybridized carbons (Fsp3) is 0.577. The van der Waals surface area contributed by atoms with E-state index >= 15 is 0 Å². The summed E-state index contributed by atoms with van der Waals surface area (Å²) in [5.41, 5.74) is 1.63. The van der Waals surface area contributed by atoms with Gasteiger partial charge < -0.3 is 50.4 Å². The zero-order valence-electron chi connectivity index (χ0n) is 22.2. The van der Waals surface area contributed by atoms with E-state index in [1.165, 1.54) is 11.8 Å². The summed E-state index contributed by atoms with van der Waals surface area (Å²) in [5.74, 6) is -1.25. The minimum atomic E-state index is -1.71. The van der Waals surface area contributed by atoms with Crippen LogP contribution in [0.5, 0.6) is 0 Å². The maximum Gasteiger partial charge on any atom is 0.408 e. The summed E-state index contributed by atoms with van der Waals surface area (Å²) in [5, 5.41) is 46.3. The van der Waals surface area contributed by atoms with E-state index in [-0.39, 0.29) is 13.0 Å². The van der Waals surface area contributed by atoms with Crippen LogP contribution >= 0.6 is 0 Å². The number of aromatic amines is 1. The fourth-order valence-corrected chi connectivity index (χ4v) is 4.98. The first-order valence-electron chi connectivity index (χ1n) is 12.8. The number of benzene rings is 1. The van der Waals surface area contributed by atoms with Gasteiger partial charge in [-0.05, 0) is 39.3 Å². The molecule has 1 aromatic carbocycles. The van der Waals surface area contributed by atoms with Gasteiger partial charge in [0.2, 0.25) is 11.8 Å². The molecule has 13 heteroatoms. The number of amides is 3. The number of nitrogens with one attached hydrogen (secondary N) is 3. The Hall–Kier alpha value is -3.23. The number of aliphatic hydroxyl groups is 4. The van der Waals surface area contributed by atoms with Crippen molar-refractivity contribution in [2.24, 2.45) is 0 Å². The molecule has 7 N–H and O–H groups in total. The van der Waals surface area contributed by atoms with Crippen LogP contribution in [-0.2, 0) is 32.0 Å². The molecular weight excluding hydrogens is 512 g/mol. The number of alkyl carbamates (subject to hydrolysis) is 1. The van der Waals surface area contributed by atoms with E-state index in [1.54, 1.807) is 20.8 Å². The van der Waals surface area contributed by atoms with Crippen LogP contribution in [0.15, 0.2) is 24.3 Å². The molecule has 7 atom stereocenters. The van der Waals surface area contributed by atoms with Gasteiger partial charge in [0, 0.05) is 23.0 Å². The van der Waals surface area contributed by atoms with Crippen molar-refractivity contribution in [1.82, 2.24) is 20.5 Å². The SMILES string of the molecule is C[C@H](NC(=O)OC(C)(C)C)C(=O)N1Cc2[nH]c3ccccc3c2C[C@H]1C(=O)N[C@H]1C(O)O[C@H](CO)[C@@H](O)[C@@H]1O. The van der Waals surface area contributed by atoms with Crippen molar-refractivity contribution in [3.8, 4) is 0 Å². The standard InChI is InChI=1S/C26H36N4O9/c1-12(27-25(37)39-26(2,3)4)23(35)30-10-16-14(13-7-5-6-8-15(13)28-16)9-17(30)22(34)29-19-21(33)20(32)18(11-31)38-24(19)36/h5-8,12,17-21,24,28,31-33,36H,9-11H2,1-4H3,(H,27,37)(H,29,34)/t12-,17-,18+,19+,20+,21+,24?/m0/s1. The summed E-state index contributed by atoms with van der Waals surface area (Å²) in [4.78, 5) is 44.1. The van der Waals surface area contributed by atoms with Gasteiger partial charge in [-0.25, -0.2) is 4.79 Å². The molecule has 1 fully saturated rings. The topological polar surface area (TPSA) is 194 Å². The van der Waals surface area contributed by atoms with Gasteiger partial charge in [-0.1, -0.05) is 18.2 Å². The molecule has 2 aliphatic rings. The van der Waals surface area contributed by atoms with Gasteiger partial charge in [0.25, 0.3) is 0 Å². The van der Waals surface area contributed by atoms with Crippen LogP contribution in [0, 0.1) is 0 Å². The van der Waals surface area contributed by atoms with E-state index in [2.05, 4.69) is 15.6 Å². The van der Waals surface area contributed by atoms with Crippen molar-refractivity contribution in [3.63, 3.8) is 0 Å². The molecule has 2 aliphatic heterocycles. The van der Waals surface area contributed by atoms with Crippen LogP contribution in [0.3, 0.4) is 0 Å². The lowest BCUT2D eigenvalue weighted by Crippen LogP contribution is -2.66. The molecule has 2 aromatic rings. The molecule has 1 aromatic heterocycles. The van der Waals surface area contributed by atoms with Gasteiger partial charge in [-0.2, -0.15) is 0 Å². The summed E-state index contributed by atoms with van der Waals surface area (Å²) in [6.45, 7) is 5.95. The van der Waals surface area contributed by atoms with E-state index in [1.807, 2.05) is 24.3 Å². The Labute approximate surface area is 225 Å².